The first-order valence-electron chi connectivity index (χ1n) is 27.8. The molecule has 0 fully saturated rings. The van der Waals surface area contributed by atoms with Crippen molar-refractivity contribution in [1.82, 2.24) is 0 Å². The molecule has 0 rings (SSSR count). The van der Waals surface area contributed by atoms with Crippen molar-refractivity contribution in [2.24, 2.45) is 0 Å². The average Bonchev–Trinajstić information content (AvgIpc) is 3.33. The Hall–Kier alpha value is -3.67. The second-order valence-electron chi connectivity index (χ2n) is 18.3. The van der Waals surface area contributed by atoms with Crippen LogP contribution in [0, 0.1) is 0 Å². The Kier molecular flexibility index (Phi) is 51.9. The van der Waals surface area contributed by atoms with Crippen molar-refractivity contribution < 1.29 is 28.6 Å². The van der Waals surface area contributed by atoms with Crippen molar-refractivity contribution in [1.29, 1.82) is 0 Å². The average molecular weight is 931 g/mol. The second kappa shape index (κ2) is 54.9. The SMILES string of the molecule is CCCCC/C=C/C=C/C=C/C=C/CCCCCCCC(=O)OCC(COC(=O)CC/C=C/C/C=C/CCCCCCCC)OC(=O)CCCCCCC/C=C/C=C/CCCCCCCCC. The summed E-state index contributed by atoms with van der Waals surface area (Å²) in [6.45, 7) is 6.50. The van der Waals surface area contributed by atoms with Crippen LogP contribution in [0.2, 0.25) is 0 Å². The molecular weight excluding hydrogens is 829 g/mol. The van der Waals surface area contributed by atoms with E-state index in [1.54, 1.807) is 0 Å². The molecule has 67 heavy (non-hydrogen) atoms. The Balaban J connectivity index is 4.52. The summed E-state index contributed by atoms with van der Waals surface area (Å²) < 4.78 is 16.7. The van der Waals surface area contributed by atoms with Crippen LogP contribution >= 0.6 is 0 Å². The second-order valence-corrected chi connectivity index (χ2v) is 18.3. The summed E-state index contributed by atoms with van der Waals surface area (Å²) in [6, 6.07) is 0. The number of rotatable bonds is 49. The van der Waals surface area contributed by atoms with Crippen molar-refractivity contribution in [3.8, 4) is 0 Å². The van der Waals surface area contributed by atoms with Gasteiger partial charge in [-0.25, -0.2) is 0 Å². The Morgan fingerprint density at radius 3 is 1.09 bits per heavy atom. The van der Waals surface area contributed by atoms with Gasteiger partial charge in [-0.2, -0.15) is 0 Å². The first kappa shape index (κ1) is 63.3. The fourth-order valence-corrected chi connectivity index (χ4v) is 7.44. The Bertz CT molecular complexity index is 1350. The molecule has 0 saturated heterocycles. The molecule has 1 unspecified atom stereocenters. The molecule has 0 heterocycles. The highest BCUT2D eigenvalue weighted by molar-refractivity contribution is 5.71. The van der Waals surface area contributed by atoms with Gasteiger partial charge in [0.15, 0.2) is 6.10 Å². The molecule has 0 aliphatic rings. The van der Waals surface area contributed by atoms with Gasteiger partial charge in [0.2, 0.25) is 0 Å². The number of hydrogen-bond acceptors (Lipinski definition) is 6. The van der Waals surface area contributed by atoms with Crippen LogP contribution in [0.1, 0.15) is 252 Å². The van der Waals surface area contributed by atoms with Gasteiger partial charge in [0, 0.05) is 19.3 Å². The standard InChI is InChI=1S/C61H102O6/c1-4-7-10-13-16-19-22-25-27-29-31-33-36-39-42-45-48-51-54-60(63)66-57-58(56-65-59(62)53-50-47-44-41-38-35-24-21-18-15-12-9-6-3)67-61(64)55-52-49-46-43-40-37-34-32-30-28-26-23-20-17-14-11-8-5-2/h16,19,22,25,27-35,38,44,47,58H,4-15,17-18,20-21,23-24,26,36-37,39-43,45-46,48-57H2,1-3H3/b19-16+,25-22+,29-27+,30-28+,33-31+,34-32+,38-35+,47-44+. The molecule has 0 aromatic heterocycles. The van der Waals surface area contributed by atoms with Gasteiger partial charge in [-0.05, 0) is 89.9 Å². The molecule has 6 heteroatoms. The predicted octanol–water partition coefficient (Wildman–Crippen LogP) is 18.5. The molecule has 0 aromatic carbocycles. The maximum absolute atomic E-state index is 12.8. The van der Waals surface area contributed by atoms with Crippen LogP contribution < -0.4 is 0 Å². The lowest BCUT2D eigenvalue weighted by Gasteiger charge is -2.18. The van der Waals surface area contributed by atoms with E-state index < -0.39 is 6.10 Å². The largest absolute Gasteiger partial charge is 0.462 e. The van der Waals surface area contributed by atoms with E-state index in [2.05, 4.69) is 112 Å². The zero-order valence-electron chi connectivity index (χ0n) is 43.6. The minimum atomic E-state index is -0.819. The van der Waals surface area contributed by atoms with Crippen LogP contribution in [0.5, 0.6) is 0 Å². The molecule has 0 bridgehead atoms. The van der Waals surface area contributed by atoms with Crippen LogP contribution in [0.4, 0.5) is 0 Å². The van der Waals surface area contributed by atoms with Gasteiger partial charge >= 0.3 is 17.9 Å². The molecule has 0 saturated carbocycles. The fraction of sp³-hybridized carbons (Fsp3) is 0.689. The monoisotopic (exact) mass is 931 g/mol. The minimum Gasteiger partial charge on any atom is -0.462 e. The van der Waals surface area contributed by atoms with Gasteiger partial charge in [-0.3, -0.25) is 14.4 Å². The van der Waals surface area contributed by atoms with Crippen molar-refractivity contribution in [2.45, 2.75) is 258 Å². The molecule has 0 aromatic rings. The smallest absolute Gasteiger partial charge is 0.306 e. The highest BCUT2D eigenvalue weighted by Crippen LogP contribution is 2.13. The van der Waals surface area contributed by atoms with Crippen LogP contribution in [-0.4, -0.2) is 37.2 Å². The number of allylic oxidation sites excluding steroid dienone is 16. The highest BCUT2D eigenvalue weighted by atomic mass is 16.6. The van der Waals surface area contributed by atoms with E-state index in [0.29, 0.717) is 19.3 Å². The van der Waals surface area contributed by atoms with Crippen LogP contribution in [0.3, 0.4) is 0 Å². The molecule has 0 aliphatic heterocycles. The predicted molar refractivity (Wildman–Crippen MR) is 288 cm³/mol. The van der Waals surface area contributed by atoms with Crippen LogP contribution in [-0.2, 0) is 28.6 Å². The summed E-state index contributed by atoms with van der Waals surface area (Å²) in [7, 11) is 0. The number of esters is 3. The normalized spacial score (nSPS) is 12.8. The van der Waals surface area contributed by atoms with Gasteiger partial charge in [-0.15, -0.1) is 0 Å². The summed E-state index contributed by atoms with van der Waals surface area (Å²) in [5.74, 6) is -1.02. The number of unbranched alkanes of at least 4 members (excludes halogenated alkanes) is 26. The van der Waals surface area contributed by atoms with Crippen molar-refractivity contribution in [2.75, 3.05) is 13.2 Å². The summed E-state index contributed by atoms with van der Waals surface area (Å²) >= 11 is 0. The summed E-state index contributed by atoms with van der Waals surface area (Å²) in [5, 5.41) is 0. The third kappa shape index (κ3) is 53.2. The zero-order chi connectivity index (χ0) is 48.6. The fourth-order valence-electron chi connectivity index (χ4n) is 7.44. The van der Waals surface area contributed by atoms with Gasteiger partial charge in [0.05, 0.1) is 0 Å². The number of carbonyl (C=O) groups is 3. The first-order valence-corrected chi connectivity index (χ1v) is 27.8. The number of hydrogen-bond donors (Lipinski definition) is 0. The van der Waals surface area contributed by atoms with Crippen molar-refractivity contribution in [3.05, 3.63) is 97.2 Å². The van der Waals surface area contributed by atoms with Crippen molar-refractivity contribution >= 4 is 17.9 Å². The summed E-state index contributed by atoms with van der Waals surface area (Å²) in [4.78, 5) is 38.0. The lowest BCUT2D eigenvalue weighted by Crippen LogP contribution is -2.30. The van der Waals surface area contributed by atoms with E-state index in [9.17, 15) is 14.4 Å². The summed E-state index contributed by atoms with van der Waals surface area (Å²) in [5.41, 5.74) is 0. The molecule has 6 nitrogen and oxygen atoms in total. The molecule has 1 atom stereocenters. The molecular formula is C61H102O6. The van der Waals surface area contributed by atoms with E-state index in [0.717, 1.165) is 96.3 Å². The van der Waals surface area contributed by atoms with E-state index in [4.69, 9.17) is 14.2 Å². The number of ether oxygens (including phenoxy) is 3. The maximum Gasteiger partial charge on any atom is 0.306 e. The van der Waals surface area contributed by atoms with E-state index in [1.165, 1.54) is 109 Å². The topological polar surface area (TPSA) is 78.9 Å². The Morgan fingerprint density at radius 2 is 0.627 bits per heavy atom. The maximum atomic E-state index is 12.8. The van der Waals surface area contributed by atoms with Gasteiger partial charge in [0.25, 0.3) is 0 Å². The van der Waals surface area contributed by atoms with Crippen LogP contribution in [0.25, 0.3) is 0 Å². The first-order chi connectivity index (χ1) is 33.0. The van der Waals surface area contributed by atoms with E-state index >= 15 is 0 Å². The van der Waals surface area contributed by atoms with E-state index in [-0.39, 0.29) is 37.5 Å². The molecule has 382 valence electrons. The van der Waals surface area contributed by atoms with Gasteiger partial charge in [0.1, 0.15) is 13.2 Å². The molecule has 0 radical (unpaired) electrons. The lowest BCUT2D eigenvalue weighted by molar-refractivity contribution is -0.166. The molecule has 0 N–H and O–H groups in total. The Labute approximate surface area is 413 Å². The highest BCUT2D eigenvalue weighted by Gasteiger charge is 2.19. The number of carbonyl (C=O) groups excluding carboxylic acids is 3. The van der Waals surface area contributed by atoms with Crippen molar-refractivity contribution in [3.63, 3.8) is 0 Å². The minimum absolute atomic E-state index is 0.114. The Morgan fingerprint density at radius 1 is 0.313 bits per heavy atom. The summed E-state index contributed by atoms with van der Waals surface area (Å²) in [6.07, 6.45) is 72.6. The third-order valence-electron chi connectivity index (χ3n) is 11.7. The molecule has 0 spiro atoms. The quantitative estimate of drug-likeness (QED) is 0.0199. The lowest BCUT2D eigenvalue weighted by atomic mass is 10.1. The van der Waals surface area contributed by atoms with Gasteiger partial charge < -0.3 is 14.2 Å². The molecule has 0 amide bonds. The third-order valence-corrected chi connectivity index (χ3v) is 11.7. The van der Waals surface area contributed by atoms with Crippen LogP contribution in [0.15, 0.2) is 97.2 Å². The molecule has 0 aliphatic carbocycles. The van der Waals surface area contributed by atoms with E-state index in [1.807, 2.05) is 6.08 Å². The van der Waals surface area contributed by atoms with Gasteiger partial charge in [-0.1, -0.05) is 240 Å². The zero-order valence-corrected chi connectivity index (χ0v) is 43.6.